The minimum absolute atomic E-state index is 0.224. The minimum Gasteiger partial charge on any atom is -0.443 e. The van der Waals surface area contributed by atoms with Gasteiger partial charge in [-0.1, -0.05) is 0 Å². The summed E-state index contributed by atoms with van der Waals surface area (Å²) >= 11 is 0. The third-order valence-electron chi connectivity index (χ3n) is 5.62. The number of amides is 2. The number of rotatable bonds is 1. The van der Waals surface area contributed by atoms with Crippen molar-refractivity contribution in [3.63, 3.8) is 0 Å². The van der Waals surface area contributed by atoms with Crippen molar-refractivity contribution in [3.05, 3.63) is 41.9 Å². The highest BCUT2D eigenvalue weighted by Gasteiger charge is 2.26. The van der Waals surface area contributed by atoms with Crippen molar-refractivity contribution in [2.24, 2.45) is 0 Å². The van der Waals surface area contributed by atoms with Crippen molar-refractivity contribution in [1.82, 2.24) is 30.1 Å². The van der Waals surface area contributed by atoms with E-state index in [4.69, 9.17) is 9.47 Å². The lowest BCUT2D eigenvalue weighted by molar-refractivity contribution is 0.0589. The number of anilines is 3. The van der Waals surface area contributed by atoms with E-state index in [9.17, 15) is 9.59 Å². The molecule has 5 rings (SSSR count). The average Bonchev–Trinajstić information content (AvgIpc) is 3.43. The van der Waals surface area contributed by atoms with Crippen LogP contribution in [0.15, 0.2) is 30.6 Å². The number of nitrogens with zero attached hydrogens (tertiary/aromatic N) is 5. The van der Waals surface area contributed by atoms with E-state index in [1.54, 1.807) is 40.1 Å². The molecular formula is C24H28N8O4. The van der Waals surface area contributed by atoms with Crippen molar-refractivity contribution in [2.75, 3.05) is 23.9 Å². The predicted octanol–water partition coefficient (Wildman–Crippen LogP) is 3.37. The first-order chi connectivity index (χ1) is 17.1. The fourth-order valence-electron chi connectivity index (χ4n) is 3.99. The molecular weight excluding hydrogens is 464 g/mol. The number of fused-ring (bicyclic) bond motifs is 5. The van der Waals surface area contributed by atoms with Gasteiger partial charge in [0.25, 0.3) is 5.91 Å². The Morgan fingerprint density at radius 3 is 2.83 bits per heavy atom. The number of carbonyl (C=O) groups excluding carboxylic acids is 2. The highest BCUT2D eigenvalue weighted by molar-refractivity contribution is 5.97. The van der Waals surface area contributed by atoms with Crippen LogP contribution in [0.3, 0.4) is 0 Å². The van der Waals surface area contributed by atoms with E-state index in [1.165, 1.54) is 15.6 Å². The maximum atomic E-state index is 13.1. The number of aromatic nitrogens is 5. The van der Waals surface area contributed by atoms with Gasteiger partial charge in [-0.2, -0.15) is 5.10 Å². The Kier molecular flexibility index (Phi) is 5.75. The zero-order valence-electron chi connectivity index (χ0n) is 20.7. The third-order valence-corrected chi connectivity index (χ3v) is 5.62. The van der Waals surface area contributed by atoms with Crippen LogP contribution in [0.4, 0.5) is 22.0 Å². The summed E-state index contributed by atoms with van der Waals surface area (Å²) in [7, 11) is 1.59. The molecule has 0 spiro atoms. The van der Waals surface area contributed by atoms with Crippen LogP contribution in [0.25, 0.3) is 16.6 Å². The van der Waals surface area contributed by atoms with Gasteiger partial charge < -0.3 is 20.1 Å². The Labute approximate surface area is 207 Å². The summed E-state index contributed by atoms with van der Waals surface area (Å²) in [5, 5.41) is 18.9. The standard InChI is InChI=1S/C24H28N8O4/c1-13-11-35-12-15-7-16(6-14-9-26-29-20(14)15)28-19-8-17(31(5)23(34)36-24(2,3)4)21-25-10-18(22(33)27-13)32(21)30-19/h6-10,13H,11-12H2,1-5H3,(H,26,29)(H,27,33)(H,28,30)/t13-/m1/s1. The van der Waals surface area contributed by atoms with Crippen LogP contribution in [0.5, 0.6) is 0 Å². The van der Waals surface area contributed by atoms with Gasteiger partial charge in [-0.15, -0.1) is 5.10 Å². The zero-order valence-corrected chi connectivity index (χ0v) is 20.7. The van der Waals surface area contributed by atoms with Crippen LogP contribution in [-0.4, -0.2) is 62.1 Å². The normalized spacial score (nSPS) is 16.5. The van der Waals surface area contributed by atoms with Crippen molar-refractivity contribution >= 4 is 45.7 Å². The largest absolute Gasteiger partial charge is 0.443 e. The molecule has 1 aromatic carbocycles. The zero-order chi connectivity index (χ0) is 25.6. The monoisotopic (exact) mass is 492 g/mol. The quantitative estimate of drug-likeness (QED) is 0.368. The first-order valence-corrected chi connectivity index (χ1v) is 11.6. The second-order valence-electron chi connectivity index (χ2n) is 9.82. The summed E-state index contributed by atoms with van der Waals surface area (Å²) < 4.78 is 12.9. The van der Waals surface area contributed by atoms with Gasteiger partial charge in [0.2, 0.25) is 0 Å². The van der Waals surface area contributed by atoms with E-state index >= 15 is 0 Å². The topological polar surface area (TPSA) is 139 Å². The van der Waals surface area contributed by atoms with Gasteiger partial charge in [0.1, 0.15) is 5.60 Å². The summed E-state index contributed by atoms with van der Waals surface area (Å²) in [4.78, 5) is 31.7. The van der Waals surface area contributed by atoms with Gasteiger partial charge in [-0.25, -0.2) is 14.3 Å². The second kappa shape index (κ2) is 8.79. The van der Waals surface area contributed by atoms with Gasteiger partial charge >= 0.3 is 6.09 Å². The van der Waals surface area contributed by atoms with Crippen LogP contribution in [0, 0.1) is 0 Å². The molecule has 4 heterocycles. The Hall–Kier alpha value is -4.19. The number of benzene rings is 1. The number of carbonyl (C=O) groups is 2. The van der Waals surface area contributed by atoms with Gasteiger partial charge in [0, 0.05) is 35.8 Å². The molecule has 1 aliphatic heterocycles. The molecule has 1 atom stereocenters. The van der Waals surface area contributed by atoms with Crippen LogP contribution in [-0.2, 0) is 16.1 Å². The molecule has 1 aliphatic rings. The van der Waals surface area contributed by atoms with E-state index in [2.05, 4.69) is 30.9 Å². The van der Waals surface area contributed by atoms with E-state index in [0.717, 1.165) is 22.2 Å². The number of hydrogen-bond donors (Lipinski definition) is 3. The lowest BCUT2D eigenvalue weighted by atomic mass is 10.1. The van der Waals surface area contributed by atoms with Crippen molar-refractivity contribution in [2.45, 2.75) is 45.9 Å². The van der Waals surface area contributed by atoms with Crippen molar-refractivity contribution < 1.29 is 19.1 Å². The molecule has 0 fully saturated rings. The molecule has 12 heteroatoms. The van der Waals surface area contributed by atoms with E-state index in [-0.39, 0.29) is 17.6 Å². The summed E-state index contributed by atoms with van der Waals surface area (Å²) in [6, 6.07) is 5.31. The third kappa shape index (κ3) is 4.54. The van der Waals surface area contributed by atoms with E-state index < -0.39 is 11.7 Å². The van der Waals surface area contributed by atoms with Gasteiger partial charge in [-0.05, 0) is 39.8 Å². The van der Waals surface area contributed by atoms with Crippen LogP contribution in [0.1, 0.15) is 43.7 Å². The number of H-pyrrole nitrogens is 1. The number of nitrogens with one attached hydrogen (secondary N) is 3. The van der Waals surface area contributed by atoms with Crippen LogP contribution < -0.4 is 15.5 Å². The number of imidazole rings is 1. The van der Waals surface area contributed by atoms with Gasteiger partial charge in [-0.3, -0.25) is 14.8 Å². The lowest BCUT2D eigenvalue weighted by Gasteiger charge is -2.25. The minimum atomic E-state index is -0.682. The Bertz CT molecular complexity index is 1470. The summed E-state index contributed by atoms with van der Waals surface area (Å²) in [5.41, 5.74) is 2.82. The average molecular weight is 493 g/mol. The fourth-order valence-corrected chi connectivity index (χ4v) is 3.99. The number of ether oxygens (including phenoxy) is 2. The summed E-state index contributed by atoms with van der Waals surface area (Å²) in [6.45, 7) is 7.88. The molecule has 12 nitrogen and oxygen atoms in total. The predicted molar refractivity (Wildman–Crippen MR) is 134 cm³/mol. The van der Waals surface area contributed by atoms with Crippen LogP contribution in [0.2, 0.25) is 0 Å². The Morgan fingerprint density at radius 2 is 2.06 bits per heavy atom. The van der Waals surface area contributed by atoms with Gasteiger partial charge in [0.05, 0.1) is 36.8 Å². The molecule has 0 radical (unpaired) electrons. The Morgan fingerprint density at radius 1 is 1.25 bits per heavy atom. The van der Waals surface area contributed by atoms with E-state index in [1.807, 2.05) is 19.1 Å². The summed E-state index contributed by atoms with van der Waals surface area (Å²) in [6.07, 6.45) is 2.61. The molecule has 0 saturated carbocycles. The second-order valence-corrected chi connectivity index (χ2v) is 9.82. The highest BCUT2D eigenvalue weighted by Crippen LogP contribution is 2.29. The molecule has 4 aromatic rings. The summed E-state index contributed by atoms with van der Waals surface area (Å²) in [5.74, 6) is 0.0421. The van der Waals surface area contributed by atoms with Crippen LogP contribution >= 0.6 is 0 Å². The molecule has 0 saturated heterocycles. The molecule has 3 N–H and O–H groups in total. The smallest absolute Gasteiger partial charge is 0.414 e. The molecule has 0 unspecified atom stereocenters. The molecule has 188 valence electrons. The maximum absolute atomic E-state index is 13.1. The lowest BCUT2D eigenvalue weighted by Crippen LogP contribution is -2.37. The fraction of sp³-hybridized carbons (Fsp3) is 0.375. The molecule has 36 heavy (non-hydrogen) atoms. The van der Waals surface area contributed by atoms with E-state index in [0.29, 0.717) is 30.4 Å². The molecule has 3 aromatic heterocycles. The van der Waals surface area contributed by atoms with Crippen molar-refractivity contribution in [1.29, 1.82) is 0 Å². The highest BCUT2D eigenvalue weighted by atomic mass is 16.6. The Balaban J connectivity index is 1.66. The van der Waals surface area contributed by atoms with Gasteiger partial charge in [0.15, 0.2) is 17.2 Å². The SMILES string of the molecule is C[C@@H]1COCc2cc(cc3cn[nH]c23)Nc2cc(N(C)C(=O)OC(C)(C)C)c3ncc(n3n2)C(=O)N1. The number of hydrogen-bond acceptors (Lipinski definition) is 8. The first-order valence-electron chi connectivity index (χ1n) is 11.6. The molecule has 4 bridgehead atoms. The molecule has 2 amide bonds. The maximum Gasteiger partial charge on any atom is 0.414 e. The molecule has 0 aliphatic carbocycles. The first kappa shape index (κ1) is 23.5. The number of aromatic amines is 1. The van der Waals surface area contributed by atoms with Crippen molar-refractivity contribution in [3.8, 4) is 0 Å².